The molecule has 0 saturated carbocycles. The minimum absolute atomic E-state index is 0.0697. The Morgan fingerprint density at radius 2 is 2.19 bits per heavy atom. The van der Waals surface area contributed by atoms with Crippen molar-refractivity contribution in [2.24, 2.45) is 4.99 Å². The number of aromatic hydroxyl groups is 1. The lowest BCUT2D eigenvalue weighted by atomic mass is 10.0. The maximum absolute atomic E-state index is 13.5. The summed E-state index contributed by atoms with van der Waals surface area (Å²) in [5.74, 6) is -0.272. The molecule has 1 atom stereocenters. The van der Waals surface area contributed by atoms with E-state index in [9.17, 15) is 14.7 Å². The summed E-state index contributed by atoms with van der Waals surface area (Å²) >= 11 is 6.04. The average Bonchev–Trinajstić information content (AvgIpc) is 3.38. The van der Waals surface area contributed by atoms with Crippen molar-refractivity contribution in [1.29, 1.82) is 0 Å². The van der Waals surface area contributed by atoms with Gasteiger partial charge in [0.05, 0.1) is 29.5 Å². The van der Waals surface area contributed by atoms with Gasteiger partial charge in [0.1, 0.15) is 6.04 Å². The number of thiazole rings is 1. The summed E-state index contributed by atoms with van der Waals surface area (Å²) in [5, 5.41) is 12.4. The molecule has 0 saturated heterocycles. The van der Waals surface area contributed by atoms with E-state index in [0.29, 0.717) is 30.6 Å². The first kappa shape index (κ1) is 22.5. The second-order valence-electron chi connectivity index (χ2n) is 6.86. The van der Waals surface area contributed by atoms with Crippen LogP contribution in [0, 0.1) is 0 Å². The minimum Gasteiger partial charge on any atom is -0.504 e. The van der Waals surface area contributed by atoms with Crippen LogP contribution in [0.1, 0.15) is 30.3 Å². The molecule has 0 unspecified atom stereocenters. The van der Waals surface area contributed by atoms with Gasteiger partial charge in [0.2, 0.25) is 0 Å². The lowest BCUT2D eigenvalue weighted by Gasteiger charge is -2.23. The van der Waals surface area contributed by atoms with Crippen LogP contribution in [-0.4, -0.2) is 29.4 Å². The number of carbonyl (C=O) groups is 1. The normalized spacial score (nSPS) is 16.0. The molecule has 166 valence electrons. The third-order valence-electron chi connectivity index (χ3n) is 4.91. The molecule has 3 heterocycles. The molecule has 0 aliphatic carbocycles. The highest BCUT2D eigenvalue weighted by Gasteiger charge is 2.33. The number of phenolic OH excluding ortho intramolecular Hbond substituents is 1. The summed E-state index contributed by atoms with van der Waals surface area (Å²) in [6.45, 7) is 3.71. The van der Waals surface area contributed by atoms with Gasteiger partial charge in [-0.3, -0.25) is 9.36 Å². The Morgan fingerprint density at radius 1 is 1.41 bits per heavy atom. The number of allylic oxidation sites excluding steroid dienone is 1. The summed E-state index contributed by atoms with van der Waals surface area (Å²) in [4.78, 5) is 32.1. The van der Waals surface area contributed by atoms with E-state index < -0.39 is 12.0 Å². The fourth-order valence-electron chi connectivity index (χ4n) is 3.51. The van der Waals surface area contributed by atoms with Crippen LogP contribution in [0.15, 0.2) is 55.2 Å². The molecule has 1 aliphatic rings. The molecule has 2 aromatic heterocycles. The molecular formula is C22H19BrN2O5S2. The van der Waals surface area contributed by atoms with E-state index >= 15 is 0 Å². The maximum Gasteiger partial charge on any atom is 0.338 e. The number of halogens is 1. The number of benzene rings is 1. The number of phenols is 1. The standard InChI is InChI=1S/C22H19BrN2O5S2/c1-4-30-21(28)17-11(2)24-22-25(18(17)15-6-5-7-31-15)20(27)16(32-22)9-12-8-13(23)10-14(29-3)19(12)26/h5-10,18,26H,4H2,1-3H3/b16-9-/t18-/m0/s1. The van der Waals surface area contributed by atoms with Gasteiger partial charge < -0.3 is 14.6 Å². The van der Waals surface area contributed by atoms with E-state index in [1.54, 1.807) is 32.1 Å². The third-order valence-corrected chi connectivity index (χ3v) is 7.27. The predicted molar refractivity (Wildman–Crippen MR) is 127 cm³/mol. The number of fused-ring (bicyclic) bond motifs is 1. The number of esters is 1. The maximum atomic E-state index is 13.5. The van der Waals surface area contributed by atoms with Crippen LogP contribution >= 0.6 is 38.6 Å². The summed E-state index contributed by atoms with van der Waals surface area (Å²) in [7, 11) is 1.46. The van der Waals surface area contributed by atoms with Gasteiger partial charge in [-0.15, -0.1) is 11.3 Å². The number of aromatic nitrogens is 1. The molecule has 7 nitrogen and oxygen atoms in total. The minimum atomic E-state index is -0.627. The van der Waals surface area contributed by atoms with E-state index in [1.807, 2.05) is 17.5 Å². The predicted octanol–water partition coefficient (Wildman–Crippen LogP) is 3.34. The van der Waals surface area contributed by atoms with Gasteiger partial charge in [-0.05, 0) is 43.5 Å². The molecule has 1 aromatic carbocycles. The number of methoxy groups -OCH3 is 1. The number of rotatable bonds is 5. The smallest absolute Gasteiger partial charge is 0.338 e. The molecule has 1 aliphatic heterocycles. The highest BCUT2D eigenvalue weighted by molar-refractivity contribution is 9.10. The molecule has 0 amide bonds. The largest absolute Gasteiger partial charge is 0.504 e. The van der Waals surface area contributed by atoms with Gasteiger partial charge in [0, 0.05) is 14.9 Å². The van der Waals surface area contributed by atoms with E-state index in [2.05, 4.69) is 20.9 Å². The molecule has 0 fully saturated rings. The second-order valence-corrected chi connectivity index (χ2v) is 9.77. The summed E-state index contributed by atoms with van der Waals surface area (Å²) in [6, 6.07) is 6.47. The Kier molecular flexibility index (Phi) is 6.36. The van der Waals surface area contributed by atoms with Crippen LogP contribution in [0.2, 0.25) is 0 Å². The zero-order valence-electron chi connectivity index (χ0n) is 17.4. The van der Waals surface area contributed by atoms with E-state index in [4.69, 9.17) is 9.47 Å². The number of nitrogens with zero attached hydrogens (tertiary/aromatic N) is 2. The zero-order chi connectivity index (χ0) is 23.0. The van der Waals surface area contributed by atoms with Crippen molar-refractivity contribution in [3.8, 4) is 11.5 Å². The first-order chi connectivity index (χ1) is 15.3. The summed E-state index contributed by atoms with van der Waals surface area (Å²) < 4.78 is 13.1. The molecule has 32 heavy (non-hydrogen) atoms. The average molecular weight is 535 g/mol. The van der Waals surface area contributed by atoms with Crippen molar-refractivity contribution >= 4 is 50.6 Å². The van der Waals surface area contributed by atoms with Crippen molar-refractivity contribution in [2.45, 2.75) is 19.9 Å². The van der Waals surface area contributed by atoms with Crippen LogP contribution < -0.4 is 19.6 Å². The molecule has 1 N–H and O–H groups in total. The van der Waals surface area contributed by atoms with Crippen LogP contribution in [0.5, 0.6) is 11.5 Å². The van der Waals surface area contributed by atoms with E-state index in [-0.39, 0.29) is 23.7 Å². The first-order valence-electron chi connectivity index (χ1n) is 9.65. The molecule has 0 spiro atoms. The Labute approximate surface area is 199 Å². The Hall–Kier alpha value is -2.69. The van der Waals surface area contributed by atoms with Crippen molar-refractivity contribution in [3.05, 3.63) is 75.5 Å². The Balaban J connectivity index is 1.96. The van der Waals surface area contributed by atoms with E-state index in [0.717, 1.165) is 4.88 Å². The lowest BCUT2D eigenvalue weighted by molar-refractivity contribution is -0.139. The number of ether oxygens (including phenoxy) is 2. The molecule has 3 aromatic rings. The van der Waals surface area contributed by atoms with Crippen LogP contribution in [0.25, 0.3) is 6.08 Å². The first-order valence-corrected chi connectivity index (χ1v) is 12.1. The quantitative estimate of drug-likeness (QED) is 0.507. The Bertz CT molecular complexity index is 1400. The molecule has 4 rings (SSSR count). The van der Waals surface area contributed by atoms with Gasteiger partial charge >= 0.3 is 5.97 Å². The topological polar surface area (TPSA) is 90.1 Å². The number of hydrogen-bond acceptors (Lipinski definition) is 8. The molecule has 0 bridgehead atoms. The Morgan fingerprint density at radius 3 is 2.84 bits per heavy atom. The number of thiophene rings is 1. The van der Waals surface area contributed by atoms with Crippen molar-refractivity contribution in [2.75, 3.05) is 13.7 Å². The van der Waals surface area contributed by atoms with Gasteiger partial charge in [0.15, 0.2) is 16.3 Å². The summed E-state index contributed by atoms with van der Waals surface area (Å²) in [5.41, 5.74) is 0.983. The molecule has 0 radical (unpaired) electrons. The van der Waals surface area contributed by atoms with Gasteiger partial charge in [-0.1, -0.05) is 33.3 Å². The number of hydrogen-bond donors (Lipinski definition) is 1. The molecular weight excluding hydrogens is 516 g/mol. The van der Waals surface area contributed by atoms with Crippen LogP contribution in [-0.2, 0) is 9.53 Å². The highest BCUT2D eigenvalue weighted by atomic mass is 79.9. The fourth-order valence-corrected chi connectivity index (χ4v) is 5.82. The SMILES string of the molecule is CCOC(=O)C1=C(C)N=c2s/c(=C\c3cc(Br)cc(OC)c3O)c(=O)n2[C@H]1c1cccs1. The van der Waals surface area contributed by atoms with Crippen LogP contribution in [0.3, 0.4) is 0 Å². The van der Waals surface area contributed by atoms with Crippen LogP contribution in [0.4, 0.5) is 0 Å². The molecule has 10 heteroatoms. The van der Waals surface area contributed by atoms with Gasteiger partial charge in [-0.2, -0.15) is 0 Å². The second kappa shape index (κ2) is 9.05. The highest BCUT2D eigenvalue weighted by Crippen LogP contribution is 2.35. The van der Waals surface area contributed by atoms with Crippen molar-refractivity contribution in [1.82, 2.24) is 4.57 Å². The van der Waals surface area contributed by atoms with Gasteiger partial charge in [0.25, 0.3) is 5.56 Å². The lowest BCUT2D eigenvalue weighted by Crippen LogP contribution is -2.39. The monoisotopic (exact) mass is 534 g/mol. The fraction of sp³-hybridized carbons (Fsp3) is 0.227. The number of carbonyl (C=O) groups excluding carboxylic acids is 1. The van der Waals surface area contributed by atoms with Gasteiger partial charge in [-0.25, -0.2) is 9.79 Å². The summed E-state index contributed by atoms with van der Waals surface area (Å²) in [6.07, 6.45) is 1.60. The van der Waals surface area contributed by atoms with Crippen molar-refractivity contribution < 1.29 is 19.4 Å². The van der Waals surface area contributed by atoms with E-state index in [1.165, 1.54) is 34.4 Å². The zero-order valence-corrected chi connectivity index (χ0v) is 20.6. The van der Waals surface area contributed by atoms with Crippen molar-refractivity contribution in [3.63, 3.8) is 0 Å². The third kappa shape index (κ3) is 3.94.